The largest absolute Gasteiger partial charge is 0.337 e. The van der Waals surface area contributed by atoms with Crippen molar-refractivity contribution in [3.8, 4) is 0 Å². The normalized spacial score (nSPS) is 14.8. The molecule has 1 saturated heterocycles. The number of halogens is 1. The van der Waals surface area contributed by atoms with Crippen LogP contribution in [0, 0.1) is 5.82 Å². The molecule has 3 rings (SSSR count). The molecule has 0 atom stereocenters. The molecule has 0 saturated carbocycles. The lowest BCUT2D eigenvalue weighted by Gasteiger charge is -2.21. The van der Waals surface area contributed by atoms with Crippen molar-refractivity contribution in [2.24, 2.45) is 0 Å². The van der Waals surface area contributed by atoms with Crippen LogP contribution in [0.2, 0.25) is 0 Å². The Morgan fingerprint density at radius 2 is 1.92 bits per heavy atom. The highest BCUT2D eigenvalue weighted by Crippen LogP contribution is 2.18. The Labute approximate surface area is 141 Å². The zero-order valence-electron chi connectivity index (χ0n) is 13.9. The van der Waals surface area contributed by atoms with Crippen molar-refractivity contribution in [1.29, 1.82) is 0 Å². The van der Waals surface area contributed by atoms with Gasteiger partial charge < -0.3 is 4.90 Å². The Morgan fingerprint density at radius 1 is 1.21 bits per heavy atom. The van der Waals surface area contributed by atoms with Crippen LogP contribution in [-0.4, -0.2) is 40.8 Å². The lowest BCUT2D eigenvalue weighted by molar-refractivity contribution is 0.0783. The molecule has 1 aliphatic heterocycles. The van der Waals surface area contributed by atoms with Gasteiger partial charge in [-0.2, -0.15) is 0 Å². The molecule has 1 aliphatic rings. The van der Waals surface area contributed by atoms with Crippen LogP contribution in [0.5, 0.6) is 0 Å². The summed E-state index contributed by atoms with van der Waals surface area (Å²) in [5, 5.41) is 0. The summed E-state index contributed by atoms with van der Waals surface area (Å²) in [5.74, 6) is -0.721. The van der Waals surface area contributed by atoms with E-state index in [0.29, 0.717) is 6.54 Å². The molecule has 2 heterocycles. The Morgan fingerprint density at radius 3 is 2.62 bits per heavy atom. The Hall–Kier alpha value is -2.27. The third-order valence-corrected chi connectivity index (χ3v) is 4.42. The van der Waals surface area contributed by atoms with Gasteiger partial charge in [0.15, 0.2) is 0 Å². The predicted octanol–water partition coefficient (Wildman–Crippen LogP) is 3.09. The number of benzene rings is 1. The topological polar surface area (TPSA) is 36.4 Å². The molecule has 0 unspecified atom stereocenters. The highest BCUT2D eigenvalue weighted by molar-refractivity contribution is 5.93. The monoisotopic (exact) mass is 327 g/mol. The number of hydrogen-bond acceptors (Lipinski definition) is 3. The molecule has 1 aromatic heterocycles. The van der Waals surface area contributed by atoms with Crippen molar-refractivity contribution in [3.05, 3.63) is 65.2 Å². The Bertz CT molecular complexity index is 713. The quantitative estimate of drug-likeness (QED) is 0.847. The van der Waals surface area contributed by atoms with E-state index in [0.717, 1.165) is 31.4 Å². The average molecular weight is 327 g/mol. The first-order valence-electron chi connectivity index (χ1n) is 8.28. The summed E-state index contributed by atoms with van der Waals surface area (Å²) in [6.07, 6.45) is 5.01. The number of carbonyl (C=O) groups is 1. The highest BCUT2D eigenvalue weighted by Gasteiger charge is 2.17. The molecule has 2 aromatic rings. The van der Waals surface area contributed by atoms with Gasteiger partial charge in [-0.3, -0.25) is 14.7 Å². The van der Waals surface area contributed by atoms with Gasteiger partial charge in [0, 0.05) is 26.3 Å². The number of carbonyl (C=O) groups excluding carboxylic acids is 1. The molecule has 0 bridgehead atoms. The summed E-state index contributed by atoms with van der Waals surface area (Å²) in [4.78, 5) is 20.3. The second-order valence-electron chi connectivity index (χ2n) is 6.31. The fraction of sp³-hybridized carbons (Fsp3) is 0.368. The first-order valence-corrected chi connectivity index (χ1v) is 8.28. The van der Waals surface area contributed by atoms with Crippen LogP contribution in [0.4, 0.5) is 4.39 Å². The maximum atomic E-state index is 13.3. The van der Waals surface area contributed by atoms with Crippen molar-refractivity contribution in [3.63, 3.8) is 0 Å². The van der Waals surface area contributed by atoms with Crippen LogP contribution >= 0.6 is 0 Å². The van der Waals surface area contributed by atoms with E-state index >= 15 is 0 Å². The van der Waals surface area contributed by atoms with Crippen LogP contribution in [0.25, 0.3) is 0 Å². The minimum absolute atomic E-state index is 0.224. The van der Waals surface area contributed by atoms with E-state index in [4.69, 9.17) is 0 Å². The number of aromatic nitrogens is 1. The highest BCUT2D eigenvalue weighted by atomic mass is 19.1. The lowest BCUT2D eigenvalue weighted by Crippen LogP contribution is -2.27. The van der Waals surface area contributed by atoms with E-state index in [2.05, 4.69) is 22.0 Å². The number of amides is 1. The summed E-state index contributed by atoms with van der Waals surface area (Å²) >= 11 is 0. The summed E-state index contributed by atoms with van der Waals surface area (Å²) in [6, 6.07) is 9.43. The molecule has 126 valence electrons. The van der Waals surface area contributed by atoms with E-state index in [1.165, 1.54) is 30.7 Å². The molecular weight excluding hydrogens is 305 g/mol. The molecule has 1 amide bonds. The van der Waals surface area contributed by atoms with Crippen LogP contribution in [0.3, 0.4) is 0 Å². The van der Waals surface area contributed by atoms with Gasteiger partial charge in [0.1, 0.15) is 5.82 Å². The van der Waals surface area contributed by atoms with Gasteiger partial charge in [0.2, 0.25) is 0 Å². The number of likely N-dealkylation sites (tertiary alicyclic amines) is 1. The number of pyridine rings is 1. The van der Waals surface area contributed by atoms with Crippen molar-refractivity contribution in [2.45, 2.75) is 25.9 Å². The van der Waals surface area contributed by atoms with Gasteiger partial charge in [-0.05, 0) is 43.1 Å². The van der Waals surface area contributed by atoms with Crippen molar-refractivity contribution < 1.29 is 9.18 Å². The summed E-state index contributed by atoms with van der Waals surface area (Å²) in [5.41, 5.74) is 2.65. The smallest absolute Gasteiger partial charge is 0.255 e. The number of rotatable bonds is 5. The van der Waals surface area contributed by atoms with Crippen molar-refractivity contribution in [2.75, 3.05) is 20.1 Å². The maximum absolute atomic E-state index is 13.3. The third kappa shape index (κ3) is 3.97. The van der Waals surface area contributed by atoms with Crippen LogP contribution < -0.4 is 0 Å². The molecule has 0 N–H and O–H groups in total. The van der Waals surface area contributed by atoms with Gasteiger partial charge in [-0.25, -0.2) is 4.39 Å². The SMILES string of the molecule is CN(Cc1ccccc1CN1CCCC1)C(=O)c1cncc(F)c1. The van der Waals surface area contributed by atoms with Crippen LogP contribution in [-0.2, 0) is 13.1 Å². The molecule has 0 radical (unpaired) electrons. The van der Waals surface area contributed by atoms with E-state index in [1.54, 1.807) is 11.9 Å². The van der Waals surface area contributed by atoms with Gasteiger partial charge in [-0.1, -0.05) is 24.3 Å². The molecular formula is C19H22FN3O. The second kappa shape index (κ2) is 7.53. The van der Waals surface area contributed by atoms with E-state index in [1.807, 2.05) is 12.1 Å². The molecule has 1 fully saturated rings. The van der Waals surface area contributed by atoms with E-state index in [-0.39, 0.29) is 11.5 Å². The number of hydrogen-bond donors (Lipinski definition) is 0. The van der Waals surface area contributed by atoms with Crippen LogP contribution in [0.1, 0.15) is 34.3 Å². The van der Waals surface area contributed by atoms with E-state index < -0.39 is 5.82 Å². The van der Waals surface area contributed by atoms with E-state index in [9.17, 15) is 9.18 Å². The fourth-order valence-corrected chi connectivity index (χ4v) is 3.12. The molecule has 1 aromatic carbocycles. The predicted molar refractivity (Wildman–Crippen MR) is 90.9 cm³/mol. The maximum Gasteiger partial charge on any atom is 0.255 e. The Kier molecular flexibility index (Phi) is 5.20. The van der Waals surface area contributed by atoms with Gasteiger partial charge in [-0.15, -0.1) is 0 Å². The summed E-state index contributed by atoms with van der Waals surface area (Å²) < 4.78 is 13.3. The minimum Gasteiger partial charge on any atom is -0.337 e. The molecule has 4 nitrogen and oxygen atoms in total. The number of nitrogens with zero attached hydrogens (tertiary/aromatic N) is 3. The first-order chi connectivity index (χ1) is 11.6. The fourth-order valence-electron chi connectivity index (χ4n) is 3.12. The average Bonchev–Trinajstić information content (AvgIpc) is 3.09. The minimum atomic E-state index is -0.497. The standard InChI is InChI=1S/C19H22FN3O/c1-22(19(24)17-10-18(20)12-21-11-17)13-15-6-2-3-7-16(15)14-23-8-4-5-9-23/h2-3,6-7,10-12H,4-5,8-9,13-14H2,1H3. The third-order valence-electron chi connectivity index (χ3n) is 4.42. The first kappa shape index (κ1) is 16.6. The molecule has 5 heteroatoms. The zero-order chi connectivity index (χ0) is 16.9. The molecule has 0 aliphatic carbocycles. The van der Waals surface area contributed by atoms with Gasteiger partial charge >= 0.3 is 0 Å². The summed E-state index contributed by atoms with van der Waals surface area (Å²) in [7, 11) is 1.74. The van der Waals surface area contributed by atoms with Crippen LogP contribution in [0.15, 0.2) is 42.7 Å². The zero-order valence-corrected chi connectivity index (χ0v) is 13.9. The second-order valence-corrected chi connectivity index (χ2v) is 6.31. The molecule has 0 spiro atoms. The Balaban J connectivity index is 1.71. The molecule has 24 heavy (non-hydrogen) atoms. The van der Waals surface area contributed by atoms with Crippen molar-refractivity contribution in [1.82, 2.24) is 14.8 Å². The van der Waals surface area contributed by atoms with Gasteiger partial charge in [0.05, 0.1) is 11.8 Å². The summed E-state index contributed by atoms with van der Waals surface area (Å²) in [6.45, 7) is 3.69. The lowest BCUT2D eigenvalue weighted by atomic mass is 10.1. The van der Waals surface area contributed by atoms with Crippen molar-refractivity contribution >= 4 is 5.91 Å². The van der Waals surface area contributed by atoms with Gasteiger partial charge in [0.25, 0.3) is 5.91 Å².